The van der Waals surface area contributed by atoms with Crippen LogP contribution in [0.25, 0.3) is 6.08 Å². The van der Waals surface area contributed by atoms with Crippen molar-refractivity contribution in [1.29, 1.82) is 0 Å². The van der Waals surface area contributed by atoms with Crippen LogP contribution in [0.2, 0.25) is 0 Å². The van der Waals surface area contributed by atoms with Crippen molar-refractivity contribution >= 4 is 12.0 Å². The summed E-state index contributed by atoms with van der Waals surface area (Å²) in [5.74, 6) is -1.44. The Balaban J connectivity index is 1.80. The van der Waals surface area contributed by atoms with Crippen LogP contribution in [0.4, 0.5) is 0 Å². The van der Waals surface area contributed by atoms with E-state index in [4.69, 9.17) is 9.47 Å². The Morgan fingerprint density at radius 1 is 1.04 bits per heavy atom. The second-order valence-electron chi connectivity index (χ2n) is 5.52. The first-order chi connectivity index (χ1) is 12.4. The minimum atomic E-state index is -0.538. The third-order valence-electron chi connectivity index (χ3n) is 3.60. The Hall–Kier alpha value is -3.35. The van der Waals surface area contributed by atoms with Crippen molar-refractivity contribution < 1.29 is 34.7 Å². The van der Waals surface area contributed by atoms with Gasteiger partial charge in [0.2, 0.25) is 5.75 Å². The second-order valence-corrected chi connectivity index (χ2v) is 5.52. The van der Waals surface area contributed by atoms with Gasteiger partial charge in [-0.05, 0) is 54.3 Å². The number of aromatic hydroxyl groups is 4. The standard InChI is InChI=1S/C19H20O7/c1-25-17-11-13(10-16(22)19(17)24)3-2-8-26-18(23)7-5-12-4-6-14(20)15(21)9-12/h4-7,9-11,20-22,24H,2-3,8H2,1H3/b7-5+. The number of aryl methyl sites for hydroxylation is 1. The summed E-state index contributed by atoms with van der Waals surface area (Å²) < 4.78 is 10.0. The molecule has 4 N–H and O–H groups in total. The zero-order valence-electron chi connectivity index (χ0n) is 14.2. The molecule has 0 radical (unpaired) electrons. The fourth-order valence-electron chi connectivity index (χ4n) is 2.25. The molecule has 0 aliphatic heterocycles. The first kappa shape index (κ1) is 19.0. The van der Waals surface area contributed by atoms with Crippen molar-refractivity contribution in [2.45, 2.75) is 12.8 Å². The number of carbonyl (C=O) groups excluding carboxylic acids is 1. The summed E-state index contributed by atoms with van der Waals surface area (Å²) >= 11 is 0. The molecule has 0 amide bonds. The van der Waals surface area contributed by atoms with E-state index >= 15 is 0 Å². The van der Waals surface area contributed by atoms with Crippen LogP contribution in [0.5, 0.6) is 28.7 Å². The number of methoxy groups -OCH3 is 1. The number of benzene rings is 2. The van der Waals surface area contributed by atoms with Gasteiger partial charge in [-0.2, -0.15) is 0 Å². The van der Waals surface area contributed by atoms with Gasteiger partial charge >= 0.3 is 5.97 Å². The summed E-state index contributed by atoms with van der Waals surface area (Å²) in [5.41, 5.74) is 1.28. The van der Waals surface area contributed by atoms with Gasteiger partial charge in [0.1, 0.15) is 0 Å². The van der Waals surface area contributed by atoms with E-state index in [0.29, 0.717) is 18.4 Å². The van der Waals surface area contributed by atoms with Gasteiger partial charge in [-0.1, -0.05) is 6.07 Å². The first-order valence-corrected chi connectivity index (χ1v) is 7.86. The maximum Gasteiger partial charge on any atom is 0.330 e. The zero-order chi connectivity index (χ0) is 19.1. The summed E-state index contributed by atoms with van der Waals surface area (Å²) in [5, 5.41) is 37.8. The summed E-state index contributed by atoms with van der Waals surface area (Å²) in [7, 11) is 1.39. The van der Waals surface area contributed by atoms with Crippen LogP contribution in [-0.2, 0) is 16.0 Å². The molecule has 0 saturated carbocycles. The number of esters is 1. The number of carbonyl (C=O) groups is 1. The molecule has 7 heteroatoms. The molecule has 2 rings (SSSR count). The van der Waals surface area contributed by atoms with E-state index in [-0.39, 0.29) is 35.4 Å². The molecule has 0 atom stereocenters. The third kappa shape index (κ3) is 5.07. The lowest BCUT2D eigenvalue weighted by Gasteiger charge is -2.08. The predicted molar refractivity (Wildman–Crippen MR) is 94.4 cm³/mol. The number of hydrogen-bond donors (Lipinski definition) is 4. The highest BCUT2D eigenvalue weighted by Crippen LogP contribution is 2.36. The lowest BCUT2D eigenvalue weighted by molar-refractivity contribution is -0.137. The van der Waals surface area contributed by atoms with Gasteiger partial charge in [-0.25, -0.2) is 4.79 Å². The summed E-state index contributed by atoms with van der Waals surface area (Å²) in [4.78, 5) is 11.7. The molecule has 0 aromatic heterocycles. The molecular weight excluding hydrogens is 340 g/mol. The highest BCUT2D eigenvalue weighted by molar-refractivity contribution is 5.87. The molecule has 0 spiro atoms. The van der Waals surface area contributed by atoms with Crippen molar-refractivity contribution in [2.24, 2.45) is 0 Å². The number of hydrogen-bond acceptors (Lipinski definition) is 7. The molecular formula is C19H20O7. The van der Waals surface area contributed by atoms with Crippen LogP contribution in [0, 0.1) is 0 Å². The van der Waals surface area contributed by atoms with Crippen molar-refractivity contribution in [3.05, 3.63) is 47.5 Å². The van der Waals surface area contributed by atoms with Gasteiger partial charge in [0, 0.05) is 6.08 Å². The molecule has 26 heavy (non-hydrogen) atoms. The molecule has 0 aliphatic rings. The van der Waals surface area contributed by atoms with Crippen LogP contribution in [0.3, 0.4) is 0 Å². The first-order valence-electron chi connectivity index (χ1n) is 7.86. The topological polar surface area (TPSA) is 116 Å². The Kier molecular flexibility index (Phi) is 6.32. The number of phenolic OH excluding ortho intramolecular Hbond substituents is 4. The lowest BCUT2D eigenvalue weighted by atomic mass is 10.1. The van der Waals surface area contributed by atoms with E-state index < -0.39 is 5.97 Å². The van der Waals surface area contributed by atoms with Crippen LogP contribution >= 0.6 is 0 Å². The van der Waals surface area contributed by atoms with E-state index in [2.05, 4.69) is 0 Å². The molecule has 7 nitrogen and oxygen atoms in total. The molecule has 2 aromatic rings. The molecule has 2 aromatic carbocycles. The van der Waals surface area contributed by atoms with Gasteiger partial charge in [-0.15, -0.1) is 0 Å². The summed E-state index contributed by atoms with van der Waals surface area (Å²) in [6.07, 6.45) is 3.73. The fraction of sp³-hybridized carbons (Fsp3) is 0.211. The van der Waals surface area contributed by atoms with E-state index in [1.165, 1.54) is 37.5 Å². The molecule has 138 valence electrons. The molecule has 0 saturated heterocycles. The van der Waals surface area contributed by atoms with Gasteiger partial charge in [-0.3, -0.25) is 0 Å². The monoisotopic (exact) mass is 360 g/mol. The van der Waals surface area contributed by atoms with Crippen molar-refractivity contribution in [3.8, 4) is 28.7 Å². The highest BCUT2D eigenvalue weighted by Gasteiger charge is 2.09. The number of phenols is 4. The average Bonchev–Trinajstić information content (AvgIpc) is 2.62. The maximum atomic E-state index is 11.7. The van der Waals surface area contributed by atoms with E-state index in [1.54, 1.807) is 12.1 Å². The van der Waals surface area contributed by atoms with E-state index in [0.717, 1.165) is 5.56 Å². The highest BCUT2D eigenvalue weighted by atomic mass is 16.5. The van der Waals surface area contributed by atoms with Gasteiger partial charge < -0.3 is 29.9 Å². The minimum absolute atomic E-state index is 0.175. The van der Waals surface area contributed by atoms with Gasteiger partial charge in [0.05, 0.1) is 13.7 Å². The van der Waals surface area contributed by atoms with Crippen LogP contribution < -0.4 is 4.74 Å². The number of rotatable bonds is 7. The summed E-state index contributed by atoms with van der Waals surface area (Å²) in [6.45, 7) is 0.175. The van der Waals surface area contributed by atoms with Crippen molar-refractivity contribution in [1.82, 2.24) is 0 Å². The quantitative estimate of drug-likeness (QED) is 0.260. The normalized spacial score (nSPS) is 10.8. The van der Waals surface area contributed by atoms with Crippen molar-refractivity contribution in [2.75, 3.05) is 13.7 Å². The predicted octanol–water partition coefficient (Wildman–Crippen LogP) is 2.71. The van der Waals surface area contributed by atoms with E-state index in [1.807, 2.05) is 0 Å². The smallest absolute Gasteiger partial charge is 0.330 e. The second kappa shape index (κ2) is 8.66. The van der Waals surface area contributed by atoms with Gasteiger partial charge in [0.25, 0.3) is 0 Å². The lowest BCUT2D eigenvalue weighted by Crippen LogP contribution is -2.03. The average molecular weight is 360 g/mol. The van der Waals surface area contributed by atoms with Crippen LogP contribution in [0.1, 0.15) is 17.5 Å². The number of ether oxygens (including phenoxy) is 2. The maximum absolute atomic E-state index is 11.7. The third-order valence-corrected chi connectivity index (χ3v) is 3.60. The molecule has 0 heterocycles. The van der Waals surface area contributed by atoms with Crippen LogP contribution in [-0.4, -0.2) is 40.1 Å². The zero-order valence-corrected chi connectivity index (χ0v) is 14.2. The molecule has 0 aliphatic carbocycles. The largest absolute Gasteiger partial charge is 0.504 e. The summed E-state index contributed by atoms with van der Waals surface area (Å²) in [6, 6.07) is 7.22. The molecule has 0 unspecified atom stereocenters. The Labute approximate surface area is 150 Å². The minimum Gasteiger partial charge on any atom is -0.504 e. The van der Waals surface area contributed by atoms with Crippen LogP contribution in [0.15, 0.2) is 36.4 Å². The van der Waals surface area contributed by atoms with Gasteiger partial charge in [0.15, 0.2) is 23.0 Å². The van der Waals surface area contributed by atoms with E-state index in [9.17, 15) is 25.2 Å². The van der Waals surface area contributed by atoms with Crippen molar-refractivity contribution in [3.63, 3.8) is 0 Å². The fourth-order valence-corrected chi connectivity index (χ4v) is 2.25. The molecule has 0 fully saturated rings. The Bertz CT molecular complexity index is 812. The Morgan fingerprint density at radius 3 is 2.50 bits per heavy atom. The Morgan fingerprint density at radius 2 is 1.81 bits per heavy atom. The SMILES string of the molecule is COc1cc(CCCOC(=O)/C=C/c2ccc(O)c(O)c2)cc(O)c1O. The molecule has 0 bridgehead atoms.